The summed E-state index contributed by atoms with van der Waals surface area (Å²) in [5.41, 5.74) is 0.585. The zero-order valence-electron chi connectivity index (χ0n) is 19.5. The van der Waals surface area contributed by atoms with Crippen molar-refractivity contribution in [1.29, 1.82) is 5.26 Å². The molecule has 184 valence electrons. The number of hydrogen-bond acceptors (Lipinski definition) is 6. The van der Waals surface area contributed by atoms with E-state index >= 15 is 0 Å². The van der Waals surface area contributed by atoms with Crippen molar-refractivity contribution in [3.05, 3.63) is 121 Å². The van der Waals surface area contributed by atoms with Gasteiger partial charge in [0.05, 0.1) is 23.5 Å². The maximum atomic E-state index is 12.2. The summed E-state index contributed by atoms with van der Waals surface area (Å²) in [6.45, 7) is -3.26. The zero-order valence-corrected chi connectivity index (χ0v) is 23.0. The van der Waals surface area contributed by atoms with Gasteiger partial charge in [0.2, 0.25) is 0 Å². The minimum atomic E-state index is -3.07. The van der Waals surface area contributed by atoms with Crippen LogP contribution >= 0.6 is 25.3 Å². The number of nitrogens with zero attached hydrogens (tertiary/aromatic N) is 1. The molecule has 0 N–H and O–H groups in total. The molecular formula is C27H25NO4P2S2. The first-order valence-corrected chi connectivity index (χ1v) is 16.4. The first kappa shape index (κ1) is 27.7. The van der Waals surface area contributed by atoms with Crippen LogP contribution in [0.3, 0.4) is 0 Å². The van der Waals surface area contributed by atoms with Crippen LogP contribution in [-0.2, 0) is 20.9 Å². The van der Waals surface area contributed by atoms with E-state index in [9.17, 15) is 4.57 Å². The highest BCUT2D eigenvalue weighted by molar-refractivity contribution is 8.49. The average Bonchev–Trinajstić information content (AvgIpc) is 2.91. The molecule has 0 aliphatic heterocycles. The summed E-state index contributed by atoms with van der Waals surface area (Å²) in [7, 11) is 0. The Labute approximate surface area is 222 Å². The predicted octanol–water partition coefficient (Wildman–Crippen LogP) is 7.12. The molecule has 0 saturated carbocycles. The summed E-state index contributed by atoms with van der Waals surface area (Å²) in [5.74, 6) is 1.18. The third-order valence-corrected chi connectivity index (χ3v) is 10.1. The molecule has 0 aliphatic carbocycles. The Morgan fingerprint density at radius 3 is 1.72 bits per heavy atom. The summed E-state index contributed by atoms with van der Waals surface area (Å²) in [6, 6.07) is 36.6. The van der Waals surface area contributed by atoms with Crippen molar-refractivity contribution >= 4 is 47.7 Å². The van der Waals surface area contributed by atoms with Crippen LogP contribution in [0.1, 0.15) is 12.5 Å². The van der Waals surface area contributed by atoms with Gasteiger partial charge in [-0.3, -0.25) is 4.57 Å². The van der Waals surface area contributed by atoms with Gasteiger partial charge in [0.25, 0.3) is 6.49 Å². The lowest BCUT2D eigenvalue weighted by Gasteiger charge is -2.22. The van der Waals surface area contributed by atoms with Crippen LogP contribution in [0.4, 0.5) is 0 Å². The fourth-order valence-electron chi connectivity index (χ4n) is 2.96. The molecule has 9 heteroatoms. The number of nitriles is 1. The van der Waals surface area contributed by atoms with E-state index in [0.29, 0.717) is 29.0 Å². The van der Waals surface area contributed by atoms with E-state index < -0.39 is 13.1 Å². The quantitative estimate of drug-likeness (QED) is 0.185. The van der Waals surface area contributed by atoms with E-state index in [2.05, 4.69) is 18.3 Å². The Morgan fingerprint density at radius 2 is 1.22 bits per heavy atom. The number of para-hydroxylation sites is 1. The Morgan fingerprint density at radius 1 is 0.750 bits per heavy atom. The Hall–Kier alpha value is -2.84. The first-order chi connectivity index (χ1) is 17.4. The molecule has 36 heavy (non-hydrogen) atoms. The fourth-order valence-corrected chi connectivity index (χ4v) is 7.22. The molecule has 0 radical (unpaired) electrons. The molecule has 0 aliphatic rings. The van der Waals surface area contributed by atoms with E-state index in [1.165, 1.54) is 0 Å². The smallest absolute Gasteiger partial charge is 0.330 e. The molecule has 0 heterocycles. The molecule has 2 atom stereocenters. The molecule has 4 rings (SSSR count). The van der Waals surface area contributed by atoms with E-state index in [1.807, 2.05) is 73.7 Å². The van der Waals surface area contributed by atoms with Crippen molar-refractivity contribution < 1.29 is 18.1 Å². The summed E-state index contributed by atoms with van der Waals surface area (Å²) >= 11 is 9.73. The number of hydrogen-bond donors (Lipinski definition) is 1. The minimum absolute atomic E-state index is 0.489. The van der Waals surface area contributed by atoms with Crippen LogP contribution in [0.5, 0.6) is 11.5 Å². The minimum Gasteiger partial charge on any atom is -0.440 e. The van der Waals surface area contributed by atoms with E-state index in [0.717, 1.165) is 5.30 Å². The molecular weight excluding hydrogens is 528 g/mol. The second kappa shape index (κ2) is 13.5. The van der Waals surface area contributed by atoms with E-state index in [4.69, 9.17) is 30.6 Å². The Kier molecular flexibility index (Phi) is 10.4. The summed E-state index contributed by atoms with van der Waals surface area (Å²) < 4.78 is 29.3. The van der Waals surface area contributed by atoms with Gasteiger partial charge in [-0.25, -0.2) is 0 Å². The maximum absolute atomic E-state index is 12.2. The highest BCUT2D eigenvalue weighted by Crippen LogP contribution is 2.50. The van der Waals surface area contributed by atoms with Crippen LogP contribution in [0, 0.1) is 11.3 Å². The zero-order chi connectivity index (χ0) is 25.9. The second-order valence-corrected chi connectivity index (χ2v) is 14.0. The average molecular weight is 554 g/mol. The highest BCUT2D eigenvalue weighted by Gasteiger charge is 2.23. The molecule has 4 aromatic rings. The number of thiol groups is 1. The SMILES string of the molecule is CCOP(=S)(Oc1ccc(C#N)cc1)c1ccccc1.O=P(S)(Oc1ccccc1)c1ccccc1. The number of rotatable bonds is 8. The Balaban J connectivity index is 0.000000205. The largest absolute Gasteiger partial charge is 0.440 e. The van der Waals surface area contributed by atoms with Gasteiger partial charge in [0.15, 0.2) is 0 Å². The fraction of sp³-hybridized carbons (Fsp3) is 0.0741. The van der Waals surface area contributed by atoms with E-state index in [-0.39, 0.29) is 0 Å². The van der Waals surface area contributed by atoms with Gasteiger partial charge >= 0.3 is 6.57 Å². The van der Waals surface area contributed by atoms with Crippen molar-refractivity contribution in [3.8, 4) is 17.6 Å². The Bertz CT molecular complexity index is 1360. The number of benzene rings is 4. The lowest BCUT2D eigenvalue weighted by atomic mass is 10.2. The molecule has 0 saturated heterocycles. The van der Waals surface area contributed by atoms with Gasteiger partial charge in [-0.05, 0) is 79.4 Å². The van der Waals surface area contributed by atoms with Gasteiger partial charge in [-0.15, -0.1) is 0 Å². The van der Waals surface area contributed by atoms with Gasteiger partial charge in [0.1, 0.15) is 11.5 Å². The maximum Gasteiger partial charge on any atom is 0.330 e. The van der Waals surface area contributed by atoms with Crippen molar-refractivity contribution in [1.82, 2.24) is 0 Å². The van der Waals surface area contributed by atoms with Crippen molar-refractivity contribution in [2.24, 2.45) is 0 Å². The summed E-state index contributed by atoms with van der Waals surface area (Å²) in [6.07, 6.45) is 0. The first-order valence-electron chi connectivity index (χ1n) is 11.0. The van der Waals surface area contributed by atoms with Crippen molar-refractivity contribution in [2.75, 3.05) is 6.61 Å². The van der Waals surface area contributed by atoms with E-state index in [1.54, 1.807) is 48.5 Å². The normalized spacial score (nSPS) is 13.6. The van der Waals surface area contributed by atoms with Crippen LogP contribution in [-0.4, -0.2) is 6.61 Å². The lowest BCUT2D eigenvalue weighted by Crippen LogP contribution is -2.11. The molecule has 0 spiro atoms. The molecule has 0 bridgehead atoms. The third-order valence-electron chi connectivity index (χ3n) is 4.64. The van der Waals surface area contributed by atoms with Crippen molar-refractivity contribution in [3.63, 3.8) is 0 Å². The van der Waals surface area contributed by atoms with Crippen LogP contribution < -0.4 is 19.7 Å². The second-order valence-electron chi connectivity index (χ2n) is 7.24. The molecule has 2 unspecified atom stereocenters. The summed E-state index contributed by atoms with van der Waals surface area (Å²) in [4.78, 5) is 0. The standard InChI is InChI=1S/C15H14NO2PS.C12H11O2PS/c1-2-17-19(20,15-6-4-3-5-7-15)18-14-10-8-13(12-16)9-11-14;13-15(16,12-9-5-2-6-10-12)14-11-7-3-1-4-8-11/h3-11H,2H2,1H3;1-10H,(H,13,16). The molecule has 0 fully saturated rings. The topological polar surface area (TPSA) is 68.5 Å². The van der Waals surface area contributed by atoms with Gasteiger partial charge in [-0.1, -0.05) is 66.8 Å². The predicted molar refractivity (Wildman–Crippen MR) is 154 cm³/mol. The van der Waals surface area contributed by atoms with Crippen LogP contribution in [0.25, 0.3) is 0 Å². The molecule has 0 aromatic heterocycles. The van der Waals surface area contributed by atoms with Gasteiger partial charge < -0.3 is 13.6 Å². The van der Waals surface area contributed by atoms with Crippen LogP contribution in [0.15, 0.2) is 115 Å². The molecule has 0 amide bonds. The monoisotopic (exact) mass is 553 g/mol. The van der Waals surface area contributed by atoms with Crippen LogP contribution in [0.2, 0.25) is 0 Å². The molecule has 5 nitrogen and oxygen atoms in total. The van der Waals surface area contributed by atoms with Gasteiger partial charge in [-0.2, -0.15) is 5.26 Å². The highest BCUT2D eigenvalue weighted by atomic mass is 32.7. The van der Waals surface area contributed by atoms with Crippen molar-refractivity contribution in [2.45, 2.75) is 6.92 Å². The van der Waals surface area contributed by atoms with Gasteiger partial charge in [0, 0.05) is 5.30 Å². The summed E-state index contributed by atoms with van der Waals surface area (Å²) in [5, 5.41) is 10.3. The lowest BCUT2D eigenvalue weighted by molar-refractivity contribution is 0.339. The molecule has 4 aromatic carbocycles. The third kappa shape index (κ3) is 8.10.